The molecular weight excluding hydrogens is 248 g/mol. The number of nitrogens with two attached hydrogens (primary N) is 1. The smallest absolute Gasteiger partial charge is 0.123 e. The lowest BCUT2D eigenvalue weighted by Gasteiger charge is -2.24. The van der Waals surface area contributed by atoms with Crippen LogP contribution in [-0.4, -0.2) is 12.1 Å². The van der Waals surface area contributed by atoms with Crippen LogP contribution in [0.2, 0.25) is 0 Å². The lowest BCUT2D eigenvalue weighted by Crippen LogP contribution is -2.26. The molecule has 1 aromatic carbocycles. The zero-order valence-electron chi connectivity index (χ0n) is 13.0. The number of nitrogen functional groups attached to an aromatic ring is 1. The molecule has 0 amide bonds. The number of hydrogen-bond donors (Lipinski definition) is 2. The topological polar surface area (TPSA) is 47.3 Å². The number of benzene rings is 1. The Kier molecular flexibility index (Phi) is 5.16. The Morgan fingerprint density at radius 1 is 1.15 bits per heavy atom. The predicted molar refractivity (Wildman–Crippen MR) is 86.3 cm³/mol. The van der Waals surface area contributed by atoms with Gasteiger partial charge in [0.1, 0.15) is 5.75 Å². The van der Waals surface area contributed by atoms with Gasteiger partial charge in [-0.3, -0.25) is 0 Å². The van der Waals surface area contributed by atoms with Crippen LogP contribution in [-0.2, 0) is 0 Å². The largest absolute Gasteiger partial charge is 0.491 e. The van der Waals surface area contributed by atoms with Gasteiger partial charge in [-0.15, -0.1) is 0 Å². The van der Waals surface area contributed by atoms with Gasteiger partial charge in [-0.1, -0.05) is 26.2 Å². The first-order valence-corrected chi connectivity index (χ1v) is 7.88. The molecule has 0 spiro atoms. The van der Waals surface area contributed by atoms with Gasteiger partial charge in [0.15, 0.2) is 0 Å². The summed E-state index contributed by atoms with van der Waals surface area (Å²) in [7, 11) is 0. The van der Waals surface area contributed by atoms with Crippen molar-refractivity contribution in [3.8, 4) is 5.75 Å². The van der Waals surface area contributed by atoms with Crippen LogP contribution < -0.4 is 15.8 Å². The molecule has 112 valence electrons. The highest BCUT2D eigenvalue weighted by Gasteiger charge is 2.19. The molecule has 2 unspecified atom stereocenters. The highest BCUT2D eigenvalue weighted by Crippen LogP contribution is 2.29. The van der Waals surface area contributed by atoms with E-state index in [1.54, 1.807) is 0 Å². The van der Waals surface area contributed by atoms with Crippen molar-refractivity contribution in [2.45, 2.75) is 65.0 Å². The van der Waals surface area contributed by atoms with Gasteiger partial charge in [0, 0.05) is 29.5 Å². The summed E-state index contributed by atoms with van der Waals surface area (Å²) in [6.45, 7) is 6.41. The zero-order valence-corrected chi connectivity index (χ0v) is 13.0. The zero-order chi connectivity index (χ0) is 14.5. The van der Waals surface area contributed by atoms with Crippen LogP contribution in [0.15, 0.2) is 18.2 Å². The average Bonchev–Trinajstić information content (AvgIpc) is 2.53. The maximum atomic E-state index is 5.99. The first kappa shape index (κ1) is 15.0. The second kappa shape index (κ2) is 6.87. The van der Waals surface area contributed by atoms with Gasteiger partial charge in [-0.2, -0.15) is 0 Å². The van der Waals surface area contributed by atoms with Crippen molar-refractivity contribution < 1.29 is 4.74 Å². The summed E-state index contributed by atoms with van der Waals surface area (Å²) < 4.78 is 5.76. The van der Waals surface area contributed by atoms with Crippen molar-refractivity contribution in [1.29, 1.82) is 0 Å². The molecular formula is C17H28N2O. The molecule has 0 bridgehead atoms. The van der Waals surface area contributed by atoms with E-state index < -0.39 is 0 Å². The lowest BCUT2D eigenvalue weighted by molar-refractivity contribution is 0.242. The Morgan fingerprint density at radius 3 is 2.65 bits per heavy atom. The summed E-state index contributed by atoms with van der Waals surface area (Å²) in [5, 5.41) is 3.67. The predicted octanol–water partition coefficient (Wildman–Crippen LogP) is 4.44. The standard InChI is InChI=1S/C17H28N2O/c1-12(2)20-16-10-14(18)9-15(11-16)19-17-8-6-4-5-7-13(17)3/h9-13,17,19H,4-8,18H2,1-3H3. The number of ether oxygens (including phenoxy) is 1. The van der Waals surface area contributed by atoms with Crippen molar-refractivity contribution in [1.82, 2.24) is 0 Å². The Hall–Kier alpha value is -1.38. The van der Waals surface area contributed by atoms with Crippen molar-refractivity contribution in [2.75, 3.05) is 11.1 Å². The second-order valence-corrected chi connectivity index (χ2v) is 6.32. The molecule has 1 aliphatic rings. The molecule has 0 aromatic heterocycles. The van der Waals surface area contributed by atoms with Crippen LogP contribution in [0, 0.1) is 5.92 Å². The molecule has 2 atom stereocenters. The highest BCUT2D eigenvalue weighted by molar-refractivity contribution is 5.59. The fourth-order valence-electron chi connectivity index (χ4n) is 2.97. The molecule has 1 fully saturated rings. The van der Waals surface area contributed by atoms with E-state index >= 15 is 0 Å². The van der Waals surface area contributed by atoms with Crippen LogP contribution in [0.25, 0.3) is 0 Å². The number of nitrogens with one attached hydrogen (secondary N) is 1. The highest BCUT2D eigenvalue weighted by atomic mass is 16.5. The second-order valence-electron chi connectivity index (χ2n) is 6.32. The fourth-order valence-corrected chi connectivity index (χ4v) is 2.97. The van der Waals surface area contributed by atoms with E-state index in [2.05, 4.69) is 18.3 Å². The van der Waals surface area contributed by atoms with Crippen LogP contribution in [0.3, 0.4) is 0 Å². The first-order valence-electron chi connectivity index (χ1n) is 7.88. The third-order valence-electron chi connectivity index (χ3n) is 4.01. The monoisotopic (exact) mass is 276 g/mol. The summed E-state index contributed by atoms with van der Waals surface area (Å²) in [5.74, 6) is 1.57. The Balaban J connectivity index is 2.09. The quantitative estimate of drug-likeness (QED) is 0.631. The molecule has 1 aromatic rings. The van der Waals surface area contributed by atoms with Gasteiger partial charge in [0.05, 0.1) is 6.10 Å². The summed E-state index contributed by atoms with van der Waals surface area (Å²) in [6.07, 6.45) is 6.77. The van der Waals surface area contributed by atoms with E-state index in [0.29, 0.717) is 12.0 Å². The Morgan fingerprint density at radius 2 is 1.90 bits per heavy atom. The fraction of sp³-hybridized carbons (Fsp3) is 0.647. The van der Waals surface area contributed by atoms with Crippen LogP contribution in [0.4, 0.5) is 11.4 Å². The van der Waals surface area contributed by atoms with E-state index in [1.165, 1.54) is 32.1 Å². The van der Waals surface area contributed by atoms with Crippen molar-refractivity contribution in [2.24, 2.45) is 5.92 Å². The SMILES string of the molecule is CC(C)Oc1cc(N)cc(NC2CCCCCC2C)c1. The summed E-state index contributed by atoms with van der Waals surface area (Å²) >= 11 is 0. The maximum Gasteiger partial charge on any atom is 0.123 e. The molecule has 3 N–H and O–H groups in total. The van der Waals surface area contributed by atoms with Crippen molar-refractivity contribution >= 4 is 11.4 Å². The molecule has 20 heavy (non-hydrogen) atoms. The minimum Gasteiger partial charge on any atom is -0.491 e. The van der Waals surface area contributed by atoms with Crippen LogP contribution in [0.1, 0.15) is 52.9 Å². The minimum atomic E-state index is 0.168. The molecule has 3 heteroatoms. The summed E-state index contributed by atoms with van der Waals surface area (Å²) in [5.41, 5.74) is 7.82. The average molecular weight is 276 g/mol. The van der Waals surface area contributed by atoms with Crippen molar-refractivity contribution in [3.05, 3.63) is 18.2 Å². The van der Waals surface area contributed by atoms with Crippen LogP contribution in [0.5, 0.6) is 5.75 Å². The third kappa shape index (κ3) is 4.32. The number of rotatable bonds is 4. The van der Waals surface area contributed by atoms with Gasteiger partial charge in [-0.05, 0) is 38.7 Å². The van der Waals surface area contributed by atoms with E-state index in [9.17, 15) is 0 Å². The summed E-state index contributed by atoms with van der Waals surface area (Å²) in [6, 6.07) is 6.51. The van der Waals surface area contributed by atoms with E-state index in [1.807, 2.05) is 26.0 Å². The van der Waals surface area contributed by atoms with Crippen LogP contribution >= 0.6 is 0 Å². The van der Waals surface area contributed by atoms with Gasteiger partial charge in [0.25, 0.3) is 0 Å². The molecule has 0 heterocycles. The number of anilines is 2. The van der Waals surface area contributed by atoms with Gasteiger partial charge in [0.2, 0.25) is 0 Å². The first-order chi connectivity index (χ1) is 9.54. The summed E-state index contributed by atoms with van der Waals surface area (Å²) in [4.78, 5) is 0. The Labute approximate surface area is 122 Å². The molecule has 1 saturated carbocycles. The van der Waals surface area contributed by atoms with E-state index in [-0.39, 0.29) is 6.10 Å². The molecule has 1 aliphatic carbocycles. The number of hydrogen-bond acceptors (Lipinski definition) is 3. The third-order valence-corrected chi connectivity index (χ3v) is 4.01. The molecule has 0 radical (unpaired) electrons. The maximum absolute atomic E-state index is 5.99. The van der Waals surface area contributed by atoms with Gasteiger partial charge in [-0.25, -0.2) is 0 Å². The minimum absolute atomic E-state index is 0.168. The van der Waals surface area contributed by atoms with Gasteiger partial charge < -0.3 is 15.8 Å². The molecule has 0 aliphatic heterocycles. The van der Waals surface area contributed by atoms with Gasteiger partial charge >= 0.3 is 0 Å². The molecule has 2 rings (SSSR count). The van der Waals surface area contributed by atoms with Crippen molar-refractivity contribution in [3.63, 3.8) is 0 Å². The lowest BCUT2D eigenvalue weighted by atomic mass is 9.96. The normalized spacial score (nSPS) is 23.4. The Bertz CT molecular complexity index is 431. The van der Waals surface area contributed by atoms with E-state index in [4.69, 9.17) is 10.5 Å². The van der Waals surface area contributed by atoms with E-state index in [0.717, 1.165) is 17.1 Å². The molecule has 0 saturated heterocycles. The molecule has 3 nitrogen and oxygen atoms in total.